The van der Waals surface area contributed by atoms with E-state index in [1.54, 1.807) is 31.3 Å². The highest BCUT2D eigenvalue weighted by atomic mass is 16.3. The fourth-order valence-electron chi connectivity index (χ4n) is 4.01. The van der Waals surface area contributed by atoms with Gasteiger partial charge in [-0.05, 0) is 55.4 Å². The fourth-order valence-corrected chi connectivity index (χ4v) is 4.01. The van der Waals surface area contributed by atoms with E-state index in [2.05, 4.69) is 0 Å². The van der Waals surface area contributed by atoms with Crippen LogP contribution in [0.25, 0.3) is 0 Å². The minimum Gasteiger partial charge on any atom is -0.508 e. The zero-order chi connectivity index (χ0) is 25.3. The minimum absolute atomic E-state index is 0.00456. The highest BCUT2D eigenvalue weighted by molar-refractivity contribution is 5.91. The molecule has 6 nitrogen and oxygen atoms in total. The molecule has 0 aliphatic rings. The number of hydrogen-bond acceptors (Lipinski definition) is 5. The van der Waals surface area contributed by atoms with Gasteiger partial charge in [0, 0.05) is 25.8 Å². The SMILES string of the molecule is Cc1ccc(CCC(=O)CN(C)C(=O)[C@H](CC(=O)[C@@H](N)Cc2ccc(O)cc2)CC(C)C)cc1. The monoisotopic (exact) mass is 466 g/mol. The van der Waals surface area contributed by atoms with Crippen molar-refractivity contribution >= 4 is 17.5 Å². The number of nitrogens with two attached hydrogens (primary N) is 1. The second-order valence-electron chi connectivity index (χ2n) is 9.69. The molecule has 0 aliphatic carbocycles. The molecule has 3 N–H and O–H groups in total. The maximum absolute atomic E-state index is 13.1. The minimum atomic E-state index is -0.728. The molecule has 0 aliphatic heterocycles. The summed E-state index contributed by atoms with van der Waals surface area (Å²) < 4.78 is 0. The summed E-state index contributed by atoms with van der Waals surface area (Å²) in [5.74, 6) is -0.500. The molecule has 0 bridgehead atoms. The van der Waals surface area contributed by atoms with Crippen LogP contribution in [0.3, 0.4) is 0 Å². The number of amides is 1. The number of aryl methyl sites for hydroxylation is 2. The highest BCUT2D eigenvalue weighted by Gasteiger charge is 2.28. The van der Waals surface area contributed by atoms with Gasteiger partial charge in [0.15, 0.2) is 11.6 Å². The molecule has 34 heavy (non-hydrogen) atoms. The predicted octanol–water partition coefficient (Wildman–Crippen LogP) is 3.85. The van der Waals surface area contributed by atoms with Gasteiger partial charge >= 0.3 is 0 Å². The van der Waals surface area contributed by atoms with E-state index in [9.17, 15) is 19.5 Å². The number of aromatic hydroxyl groups is 1. The second kappa shape index (κ2) is 13.0. The molecule has 0 radical (unpaired) electrons. The van der Waals surface area contributed by atoms with Gasteiger partial charge in [0.1, 0.15) is 5.75 Å². The van der Waals surface area contributed by atoms with Gasteiger partial charge < -0.3 is 15.7 Å². The second-order valence-corrected chi connectivity index (χ2v) is 9.69. The number of rotatable bonds is 13. The summed E-state index contributed by atoms with van der Waals surface area (Å²) in [6, 6.07) is 13.9. The number of benzene rings is 2. The topological polar surface area (TPSA) is 101 Å². The van der Waals surface area contributed by atoms with Gasteiger partial charge in [-0.1, -0.05) is 55.8 Å². The largest absolute Gasteiger partial charge is 0.508 e. The van der Waals surface area contributed by atoms with Gasteiger partial charge in [-0.3, -0.25) is 14.4 Å². The standard InChI is InChI=1S/C28H38N2O4/c1-19(2)15-23(17-27(33)26(29)16-22-10-12-24(31)13-11-22)28(34)30(4)18-25(32)14-9-21-7-5-20(3)6-8-21/h5-8,10-13,19,23,26,31H,9,14-18,29H2,1-4H3/t23-,26-/m0/s1. The molecular weight excluding hydrogens is 428 g/mol. The molecular formula is C28H38N2O4. The Morgan fingerprint density at radius 1 is 0.971 bits per heavy atom. The van der Waals surface area contributed by atoms with Gasteiger partial charge in [-0.25, -0.2) is 0 Å². The molecule has 2 aromatic carbocycles. The van der Waals surface area contributed by atoms with Gasteiger partial charge in [0.2, 0.25) is 5.91 Å². The number of carbonyl (C=O) groups excluding carboxylic acids is 3. The van der Waals surface area contributed by atoms with Crippen molar-refractivity contribution in [1.29, 1.82) is 0 Å². The third kappa shape index (κ3) is 9.10. The van der Waals surface area contributed by atoms with Crippen LogP contribution in [0.2, 0.25) is 0 Å². The van der Waals surface area contributed by atoms with E-state index >= 15 is 0 Å². The summed E-state index contributed by atoms with van der Waals surface area (Å²) >= 11 is 0. The molecule has 2 rings (SSSR count). The van der Waals surface area contributed by atoms with Crippen molar-refractivity contribution < 1.29 is 19.5 Å². The highest BCUT2D eigenvalue weighted by Crippen LogP contribution is 2.20. The summed E-state index contributed by atoms with van der Waals surface area (Å²) in [5.41, 5.74) is 9.26. The van der Waals surface area contributed by atoms with Crippen molar-refractivity contribution in [2.24, 2.45) is 17.6 Å². The Labute approximate surface area is 203 Å². The average molecular weight is 467 g/mol. The lowest BCUT2D eigenvalue weighted by Crippen LogP contribution is -2.40. The van der Waals surface area contributed by atoms with Crippen LogP contribution in [0.15, 0.2) is 48.5 Å². The zero-order valence-corrected chi connectivity index (χ0v) is 20.8. The van der Waals surface area contributed by atoms with Gasteiger partial charge in [-0.15, -0.1) is 0 Å². The Bertz CT molecular complexity index is 951. The van der Waals surface area contributed by atoms with E-state index in [0.717, 1.165) is 11.1 Å². The van der Waals surface area contributed by atoms with Crippen molar-refractivity contribution in [3.63, 3.8) is 0 Å². The van der Waals surface area contributed by atoms with Gasteiger partial charge in [0.25, 0.3) is 0 Å². The maximum Gasteiger partial charge on any atom is 0.226 e. The number of hydrogen-bond donors (Lipinski definition) is 2. The number of likely N-dealkylation sites (N-methyl/N-ethyl adjacent to an activating group) is 1. The molecule has 184 valence electrons. The van der Waals surface area contributed by atoms with Crippen LogP contribution >= 0.6 is 0 Å². The van der Waals surface area contributed by atoms with E-state index in [4.69, 9.17) is 5.73 Å². The van der Waals surface area contributed by atoms with E-state index in [0.29, 0.717) is 25.7 Å². The first kappa shape index (κ1) is 27.3. The Morgan fingerprint density at radius 2 is 1.56 bits per heavy atom. The molecule has 6 heteroatoms. The first-order valence-electron chi connectivity index (χ1n) is 11.9. The van der Waals surface area contributed by atoms with Crippen LogP contribution in [0, 0.1) is 18.8 Å². The van der Waals surface area contributed by atoms with Crippen LogP contribution in [-0.4, -0.2) is 47.1 Å². The Balaban J connectivity index is 1.92. The molecule has 0 unspecified atom stereocenters. The average Bonchev–Trinajstić information content (AvgIpc) is 2.78. The summed E-state index contributed by atoms with van der Waals surface area (Å²) in [6.45, 7) is 6.07. The van der Waals surface area contributed by atoms with Crippen molar-refractivity contribution in [2.45, 2.75) is 58.9 Å². The fraction of sp³-hybridized carbons (Fsp3) is 0.464. The Kier molecular flexibility index (Phi) is 10.5. The normalized spacial score (nSPS) is 12.9. The molecule has 0 aromatic heterocycles. The number of phenols is 1. The van der Waals surface area contributed by atoms with Crippen molar-refractivity contribution in [2.75, 3.05) is 13.6 Å². The molecule has 0 saturated carbocycles. The Hall–Kier alpha value is -2.99. The number of nitrogens with zero attached hydrogens (tertiary/aromatic N) is 1. The first-order chi connectivity index (χ1) is 16.0. The molecule has 1 amide bonds. The molecule has 0 saturated heterocycles. The lowest BCUT2D eigenvalue weighted by molar-refractivity contribution is -0.140. The van der Waals surface area contributed by atoms with Crippen LogP contribution in [-0.2, 0) is 27.2 Å². The van der Waals surface area contributed by atoms with Gasteiger partial charge in [0.05, 0.1) is 12.6 Å². The third-order valence-corrected chi connectivity index (χ3v) is 5.96. The van der Waals surface area contributed by atoms with E-state index in [1.165, 1.54) is 10.5 Å². The summed E-state index contributed by atoms with van der Waals surface area (Å²) in [4.78, 5) is 39.9. The van der Waals surface area contributed by atoms with E-state index in [1.807, 2.05) is 45.0 Å². The first-order valence-corrected chi connectivity index (χ1v) is 11.9. The van der Waals surface area contributed by atoms with Gasteiger partial charge in [-0.2, -0.15) is 0 Å². The molecule has 0 heterocycles. The zero-order valence-electron chi connectivity index (χ0n) is 20.8. The molecule has 2 aromatic rings. The Morgan fingerprint density at radius 3 is 2.15 bits per heavy atom. The summed E-state index contributed by atoms with van der Waals surface area (Å²) in [5, 5.41) is 9.42. The summed E-state index contributed by atoms with van der Waals surface area (Å²) in [6.07, 6.45) is 1.96. The number of Topliss-reactive ketones (excluding diaryl/α,β-unsaturated/α-hetero) is 2. The lowest BCUT2D eigenvalue weighted by Gasteiger charge is -2.25. The number of ketones is 2. The number of phenolic OH excluding ortho intramolecular Hbond substituents is 1. The van der Waals surface area contributed by atoms with Crippen LogP contribution in [0.4, 0.5) is 0 Å². The van der Waals surface area contributed by atoms with E-state index < -0.39 is 12.0 Å². The summed E-state index contributed by atoms with van der Waals surface area (Å²) in [7, 11) is 1.63. The lowest BCUT2D eigenvalue weighted by atomic mass is 9.88. The third-order valence-electron chi connectivity index (χ3n) is 5.96. The molecule has 0 spiro atoms. The van der Waals surface area contributed by atoms with E-state index in [-0.39, 0.29) is 42.1 Å². The van der Waals surface area contributed by atoms with Crippen LogP contribution < -0.4 is 5.73 Å². The number of carbonyl (C=O) groups is 3. The van der Waals surface area contributed by atoms with Crippen molar-refractivity contribution in [3.8, 4) is 5.75 Å². The van der Waals surface area contributed by atoms with Crippen molar-refractivity contribution in [3.05, 3.63) is 65.2 Å². The molecule has 0 fully saturated rings. The maximum atomic E-state index is 13.1. The van der Waals surface area contributed by atoms with Crippen LogP contribution in [0.5, 0.6) is 5.75 Å². The smallest absolute Gasteiger partial charge is 0.226 e. The molecule has 2 atom stereocenters. The van der Waals surface area contributed by atoms with Crippen molar-refractivity contribution in [1.82, 2.24) is 4.90 Å². The van der Waals surface area contributed by atoms with Crippen LogP contribution in [0.1, 0.15) is 49.8 Å². The quantitative estimate of drug-likeness (QED) is 0.467. The predicted molar refractivity (Wildman–Crippen MR) is 134 cm³/mol.